The predicted molar refractivity (Wildman–Crippen MR) is 92.9 cm³/mol. The first-order chi connectivity index (χ1) is 11.1. The molecule has 5 heteroatoms. The van der Waals surface area contributed by atoms with Crippen LogP contribution in [0.3, 0.4) is 0 Å². The van der Waals surface area contributed by atoms with Gasteiger partial charge in [-0.1, -0.05) is 48.1 Å². The largest absolute Gasteiger partial charge is 0.355 e. The minimum absolute atomic E-state index is 0.00930. The molecular formula is C18H22N2O2S. The summed E-state index contributed by atoms with van der Waals surface area (Å²) in [6.45, 7) is 3.04. The maximum atomic E-state index is 12.2. The van der Waals surface area contributed by atoms with Crippen molar-refractivity contribution in [3.05, 3.63) is 56.6 Å². The van der Waals surface area contributed by atoms with Gasteiger partial charge in [0.15, 0.2) is 0 Å². The number of nitrogens with one attached hydrogen (secondary N) is 1. The quantitative estimate of drug-likeness (QED) is 0.885. The Morgan fingerprint density at radius 1 is 1.30 bits per heavy atom. The van der Waals surface area contributed by atoms with Gasteiger partial charge in [-0.3, -0.25) is 9.59 Å². The first-order valence-electron chi connectivity index (χ1n) is 8.08. The minimum Gasteiger partial charge on any atom is -0.355 e. The van der Waals surface area contributed by atoms with Crippen LogP contribution in [0.1, 0.15) is 36.9 Å². The van der Waals surface area contributed by atoms with Crippen LogP contribution in [-0.2, 0) is 16.8 Å². The Morgan fingerprint density at radius 3 is 2.61 bits per heavy atom. The minimum atomic E-state index is 0.00930. The highest BCUT2D eigenvalue weighted by Gasteiger charge is 2.38. The molecular weight excluding hydrogens is 308 g/mol. The number of hydrogen-bond acceptors (Lipinski definition) is 3. The molecule has 0 bridgehead atoms. The molecule has 1 fully saturated rings. The van der Waals surface area contributed by atoms with E-state index in [1.54, 1.807) is 4.57 Å². The van der Waals surface area contributed by atoms with Crippen LogP contribution in [0.2, 0.25) is 0 Å². The van der Waals surface area contributed by atoms with E-state index < -0.39 is 0 Å². The fraction of sp³-hybridized carbons (Fsp3) is 0.444. The zero-order valence-electron chi connectivity index (χ0n) is 13.4. The monoisotopic (exact) mass is 330 g/mol. The van der Waals surface area contributed by atoms with Gasteiger partial charge < -0.3 is 9.88 Å². The third-order valence-corrected chi connectivity index (χ3v) is 5.74. The molecule has 4 nitrogen and oxygen atoms in total. The lowest BCUT2D eigenvalue weighted by atomic mass is 9.64. The molecule has 0 atom stereocenters. The van der Waals surface area contributed by atoms with Crippen molar-refractivity contribution in [1.82, 2.24) is 9.88 Å². The van der Waals surface area contributed by atoms with E-state index in [2.05, 4.69) is 29.6 Å². The van der Waals surface area contributed by atoms with Gasteiger partial charge in [0.05, 0.1) is 0 Å². The lowest BCUT2D eigenvalue weighted by Crippen LogP contribution is -2.45. The second-order valence-electron chi connectivity index (χ2n) is 6.32. The van der Waals surface area contributed by atoms with Crippen LogP contribution in [0.25, 0.3) is 0 Å². The van der Waals surface area contributed by atoms with Crippen molar-refractivity contribution in [3.8, 4) is 0 Å². The maximum absolute atomic E-state index is 12.2. The molecule has 1 aromatic heterocycles. The second kappa shape index (κ2) is 6.71. The SMILES string of the molecule is Cc1csc(=O)n1CCC(=O)NCC1(c2ccccc2)CCC1. The van der Waals surface area contributed by atoms with Gasteiger partial charge in [-0.2, -0.15) is 0 Å². The van der Waals surface area contributed by atoms with Gasteiger partial charge in [-0.25, -0.2) is 0 Å². The predicted octanol–water partition coefficient (Wildman–Crippen LogP) is 2.85. The Kier molecular flexibility index (Phi) is 4.66. The van der Waals surface area contributed by atoms with Crippen molar-refractivity contribution in [2.24, 2.45) is 0 Å². The summed E-state index contributed by atoms with van der Waals surface area (Å²) in [5, 5.41) is 4.91. The van der Waals surface area contributed by atoms with Crippen LogP contribution in [0.15, 0.2) is 40.5 Å². The number of nitrogens with zero attached hydrogens (tertiary/aromatic N) is 1. The average molecular weight is 330 g/mol. The second-order valence-corrected chi connectivity index (χ2v) is 7.14. The summed E-state index contributed by atoms with van der Waals surface area (Å²) in [6.07, 6.45) is 3.82. The molecule has 0 radical (unpaired) electrons. The van der Waals surface area contributed by atoms with Gasteiger partial charge in [0.2, 0.25) is 5.91 Å². The van der Waals surface area contributed by atoms with Gasteiger partial charge in [-0.15, -0.1) is 0 Å². The van der Waals surface area contributed by atoms with Crippen LogP contribution in [-0.4, -0.2) is 17.0 Å². The lowest BCUT2D eigenvalue weighted by molar-refractivity contribution is -0.121. The number of thiazole rings is 1. The number of carbonyl (C=O) groups is 1. The first kappa shape index (κ1) is 16.0. The maximum Gasteiger partial charge on any atom is 0.307 e. The highest BCUT2D eigenvalue weighted by Crippen LogP contribution is 2.43. The van der Waals surface area contributed by atoms with E-state index in [-0.39, 0.29) is 16.2 Å². The molecule has 1 aliphatic rings. The molecule has 2 aromatic rings. The van der Waals surface area contributed by atoms with Crippen molar-refractivity contribution in [1.29, 1.82) is 0 Å². The molecule has 122 valence electrons. The van der Waals surface area contributed by atoms with Gasteiger partial charge in [0.1, 0.15) is 0 Å². The van der Waals surface area contributed by atoms with Crippen molar-refractivity contribution in [2.45, 2.75) is 44.6 Å². The fourth-order valence-corrected chi connectivity index (χ4v) is 3.97. The summed E-state index contributed by atoms with van der Waals surface area (Å²) < 4.78 is 1.67. The van der Waals surface area contributed by atoms with Crippen molar-refractivity contribution >= 4 is 17.2 Å². The molecule has 0 saturated heterocycles. The van der Waals surface area contributed by atoms with Crippen LogP contribution in [0, 0.1) is 6.92 Å². The van der Waals surface area contributed by atoms with Gasteiger partial charge in [-0.05, 0) is 25.3 Å². The molecule has 23 heavy (non-hydrogen) atoms. The summed E-state index contributed by atoms with van der Waals surface area (Å²) in [6, 6.07) is 10.4. The molecule has 0 aliphatic heterocycles. The first-order valence-corrected chi connectivity index (χ1v) is 8.96. The molecule has 1 amide bonds. The molecule has 1 heterocycles. The van der Waals surface area contributed by atoms with Crippen molar-refractivity contribution in [2.75, 3.05) is 6.54 Å². The molecule has 0 spiro atoms. The third kappa shape index (κ3) is 3.39. The van der Waals surface area contributed by atoms with E-state index >= 15 is 0 Å². The molecule has 3 rings (SSSR count). The Morgan fingerprint density at radius 2 is 2.04 bits per heavy atom. The molecule has 1 saturated carbocycles. The third-order valence-electron chi connectivity index (χ3n) is 4.86. The van der Waals surface area contributed by atoms with Gasteiger partial charge >= 0.3 is 4.87 Å². The summed E-state index contributed by atoms with van der Waals surface area (Å²) >= 11 is 1.19. The highest BCUT2D eigenvalue weighted by molar-refractivity contribution is 7.07. The number of benzene rings is 1. The van der Waals surface area contributed by atoms with Crippen molar-refractivity contribution < 1.29 is 4.79 Å². The number of rotatable bonds is 6. The molecule has 1 N–H and O–H groups in total. The van der Waals surface area contributed by atoms with Gasteiger partial charge in [0.25, 0.3) is 0 Å². The number of aryl methyl sites for hydroxylation is 1. The standard InChI is InChI=1S/C18H22N2O2S/c1-14-12-23-17(22)20(14)11-8-16(21)19-13-18(9-5-10-18)15-6-3-2-4-7-15/h2-4,6-7,12H,5,8-11,13H2,1H3,(H,19,21). The normalized spacial score (nSPS) is 15.9. The van der Waals surface area contributed by atoms with Crippen LogP contribution < -0.4 is 10.2 Å². The Balaban J connectivity index is 1.55. The lowest BCUT2D eigenvalue weighted by Gasteiger charge is -2.42. The number of aromatic nitrogens is 1. The van der Waals surface area contributed by atoms with E-state index in [1.165, 1.54) is 23.3 Å². The molecule has 1 aliphatic carbocycles. The molecule has 1 aromatic carbocycles. The van der Waals surface area contributed by atoms with Crippen molar-refractivity contribution in [3.63, 3.8) is 0 Å². The summed E-state index contributed by atoms with van der Waals surface area (Å²) in [4.78, 5) is 23.8. The zero-order chi connectivity index (χ0) is 16.3. The number of amides is 1. The topological polar surface area (TPSA) is 51.1 Å². The Labute approximate surface area is 140 Å². The highest BCUT2D eigenvalue weighted by atomic mass is 32.1. The average Bonchev–Trinajstić information content (AvgIpc) is 2.84. The summed E-state index contributed by atoms with van der Waals surface area (Å²) in [5.74, 6) is 0.0182. The van der Waals surface area contributed by atoms with Gasteiger partial charge in [0, 0.05) is 36.0 Å². The van der Waals surface area contributed by atoms with Crippen LogP contribution in [0.4, 0.5) is 0 Å². The fourth-order valence-electron chi connectivity index (χ4n) is 3.21. The van der Waals surface area contributed by atoms with Crippen LogP contribution >= 0.6 is 11.3 Å². The Hall–Kier alpha value is -1.88. The number of hydrogen-bond donors (Lipinski definition) is 1. The van der Waals surface area contributed by atoms with E-state index in [0.717, 1.165) is 18.5 Å². The van der Waals surface area contributed by atoms with E-state index in [1.807, 2.05) is 18.4 Å². The number of carbonyl (C=O) groups excluding carboxylic acids is 1. The van der Waals surface area contributed by atoms with E-state index in [9.17, 15) is 9.59 Å². The molecule has 0 unspecified atom stereocenters. The Bertz CT molecular complexity index is 729. The zero-order valence-corrected chi connectivity index (χ0v) is 14.2. The van der Waals surface area contributed by atoms with Crippen LogP contribution in [0.5, 0.6) is 0 Å². The van der Waals surface area contributed by atoms with E-state index in [0.29, 0.717) is 19.5 Å². The smallest absolute Gasteiger partial charge is 0.307 e. The summed E-state index contributed by atoms with van der Waals surface area (Å²) in [7, 11) is 0. The van der Waals surface area contributed by atoms with E-state index in [4.69, 9.17) is 0 Å². The summed E-state index contributed by atoms with van der Waals surface area (Å²) in [5.41, 5.74) is 2.34.